The molecule has 2 rings (SSSR count). The summed E-state index contributed by atoms with van der Waals surface area (Å²) in [5.41, 5.74) is 0. The molecule has 0 fully saturated rings. The van der Waals surface area contributed by atoms with E-state index < -0.39 is 0 Å². The van der Waals surface area contributed by atoms with E-state index in [-0.39, 0.29) is 5.97 Å². The lowest BCUT2D eigenvalue weighted by atomic mass is 10.3. The molecule has 0 saturated heterocycles. The Bertz CT molecular complexity index is 405. The third kappa shape index (κ3) is 3.30. The average Bonchev–Trinajstić information content (AvgIpc) is 2.36. The van der Waals surface area contributed by atoms with Gasteiger partial charge >= 0.3 is 5.97 Å². The topological polar surface area (TPSA) is 44.8 Å². The first-order chi connectivity index (χ1) is 8.29. The van der Waals surface area contributed by atoms with Gasteiger partial charge in [0.2, 0.25) is 0 Å². The number of benzene rings is 1. The molecule has 1 heterocycles. The molecule has 0 radical (unpaired) electrons. The number of fused-ring (bicyclic) bond motifs is 1. The summed E-state index contributed by atoms with van der Waals surface area (Å²) in [6, 6.07) is 5.66. The minimum atomic E-state index is -0.201. The molecule has 1 aliphatic heterocycles. The molecule has 0 atom stereocenters. The highest BCUT2D eigenvalue weighted by Gasteiger charge is 2.12. The van der Waals surface area contributed by atoms with Gasteiger partial charge in [-0.15, -0.1) is 11.8 Å². The molecule has 1 aromatic rings. The van der Waals surface area contributed by atoms with Crippen molar-refractivity contribution >= 4 is 17.7 Å². The Morgan fingerprint density at radius 1 is 1.35 bits per heavy atom. The first-order valence-corrected chi connectivity index (χ1v) is 6.46. The van der Waals surface area contributed by atoms with Crippen LogP contribution in [0, 0.1) is 0 Å². The number of hydrogen-bond donors (Lipinski definition) is 0. The third-order valence-corrected chi connectivity index (χ3v) is 3.14. The number of rotatable bonds is 4. The summed E-state index contributed by atoms with van der Waals surface area (Å²) in [7, 11) is 0. The van der Waals surface area contributed by atoms with Crippen LogP contribution in [0.2, 0.25) is 0 Å². The molecular weight excluding hydrogens is 240 g/mol. The van der Waals surface area contributed by atoms with Crippen LogP contribution in [0.5, 0.6) is 11.5 Å². The standard InChI is InChI=1S/C12H14O4S/c1-2-14-12(13)8-17-9-3-4-10-11(7-9)16-6-5-15-10/h3-4,7H,2,5-6,8H2,1H3. The van der Waals surface area contributed by atoms with Gasteiger partial charge in [0, 0.05) is 4.90 Å². The van der Waals surface area contributed by atoms with Crippen LogP contribution in [0.1, 0.15) is 6.92 Å². The summed E-state index contributed by atoms with van der Waals surface area (Å²) < 4.78 is 15.7. The average molecular weight is 254 g/mol. The predicted molar refractivity (Wildman–Crippen MR) is 64.8 cm³/mol. The van der Waals surface area contributed by atoms with E-state index in [4.69, 9.17) is 14.2 Å². The van der Waals surface area contributed by atoms with Gasteiger partial charge in [0.1, 0.15) is 13.2 Å². The van der Waals surface area contributed by atoms with Gasteiger partial charge in [-0.05, 0) is 25.1 Å². The maximum Gasteiger partial charge on any atom is 0.316 e. The Balaban J connectivity index is 1.95. The molecule has 92 valence electrons. The molecular formula is C12H14O4S. The molecule has 0 aliphatic carbocycles. The van der Waals surface area contributed by atoms with E-state index in [9.17, 15) is 4.79 Å². The fourth-order valence-corrected chi connectivity index (χ4v) is 2.18. The van der Waals surface area contributed by atoms with Gasteiger partial charge in [0.25, 0.3) is 0 Å². The Labute approximate surface area is 104 Å². The summed E-state index contributed by atoms with van der Waals surface area (Å²) in [5, 5.41) is 0. The van der Waals surface area contributed by atoms with Crippen LogP contribution >= 0.6 is 11.8 Å². The largest absolute Gasteiger partial charge is 0.486 e. The van der Waals surface area contributed by atoms with E-state index in [0.29, 0.717) is 25.6 Å². The van der Waals surface area contributed by atoms with Crippen LogP contribution in [0.4, 0.5) is 0 Å². The quantitative estimate of drug-likeness (QED) is 0.608. The van der Waals surface area contributed by atoms with Gasteiger partial charge in [0.15, 0.2) is 11.5 Å². The highest BCUT2D eigenvalue weighted by atomic mass is 32.2. The van der Waals surface area contributed by atoms with Crippen LogP contribution in [0.15, 0.2) is 23.1 Å². The van der Waals surface area contributed by atoms with Gasteiger partial charge in [-0.1, -0.05) is 0 Å². The van der Waals surface area contributed by atoms with Gasteiger partial charge in [0.05, 0.1) is 12.4 Å². The summed E-state index contributed by atoms with van der Waals surface area (Å²) in [6.07, 6.45) is 0. The van der Waals surface area contributed by atoms with Crippen molar-refractivity contribution < 1.29 is 19.0 Å². The summed E-state index contributed by atoms with van der Waals surface area (Å²) in [4.78, 5) is 12.2. The van der Waals surface area contributed by atoms with Crippen LogP contribution in [-0.4, -0.2) is 31.5 Å². The minimum absolute atomic E-state index is 0.201. The van der Waals surface area contributed by atoms with Crippen molar-refractivity contribution in [3.05, 3.63) is 18.2 Å². The van der Waals surface area contributed by atoms with Crippen LogP contribution in [0.3, 0.4) is 0 Å². The molecule has 5 heteroatoms. The number of esters is 1. The van der Waals surface area contributed by atoms with E-state index >= 15 is 0 Å². The van der Waals surface area contributed by atoms with Crippen molar-refractivity contribution in [1.29, 1.82) is 0 Å². The molecule has 0 spiro atoms. The van der Waals surface area contributed by atoms with E-state index in [0.717, 1.165) is 16.4 Å². The lowest BCUT2D eigenvalue weighted by Crippen LogP contribution is -2.15. The normalized spacial score (nSPS) is 13.2. The zero-order valence-electron chi connectivity index (χ0n) is 9.60. The molecule has 1 aromatic carbocycles. The van der Waals surface area contributed by atoms with Gasteiger partial charge in [-0.2, -0.15) is 0 Å². The van der Waals surface area contributed by atoms with Crippen molar-refractivity contribution in [3.63, 3.8) is 0 Å². The Hall–Kier alpha value is -1.36. The van der Waals surface area contributed by atoms with E-state index in [1.54, 1.807) is 6.92 Å². The number of carbonyl (C=O) groups excluding carboxylic acids is 1. The van der Waals surface area contributed by atoms with E-state index in [2.05, 4.69) is 0 Å². The van der Waals surface area contributed by atoms with Crippen LogP contribution < -0.4 is 9.47 Å². The molecule has 17 heavy (non-hydrogen) atoms. The molecule has 0 aromatic heterocycles. The lowest BCUT2D eigenvalue weighted by Gasteiger charge is -2.18. The molecule has 4 nitrogen and oxygen atoms in total. The maximum absolute atomic E-state index is 11.2. The Morgan fingerprint density at radius 3 is 2.88 bits per heavy atom. The number of hydrogen-bond acceptors (Lipinski definition) is 5. The first-order valence-electron chi connectivity index (χ1n) is 5.47. The zero-order valence-corrected chi connectivity index (χ0v) is 10.4. The zero-order chi connectivity index (χ0) is 12.1. The first kappa shape index (κ1) is 12.1. The van der Waals surface area contributed by atoms with Gasteiger partial charge in [-0.25, -0.2) is 0 Å². The second-order valence-corrected chi connectivity index (χ2v) is 4.45. The molecule has 0 bridgehead atoms. The van der Waals surface area contributed by atoms with Crippen molar-refractivity contribution in [3.8, 4) is 11.5 Å². The monoisotopic (exact) mass is 254 g/mol. The van der Waals surface area contributed by atoms with E-state index in [1.807, 2.05) is 18.2 Å². The molecule has 0 amide bonds. The minimum Gasteiger partial charge on any atom is -0.486 e. The molecule has 1 aliphatic rings. The highest BCUT2D eigenvalue weighted by molar-refractivity contribution is 8.00. The highest BCUT2D eigenvalue weighted by Crippen LogP contribution is 2.34. The number of ether oxygens (including phenoxy) is 3. The molecule has 0 saturated carbocycles. The SMILES string of the molecule is CCOC(=O)CSc1ccc2c(c1)OCCO2. The fraction of sp³-hybridized carbons (Fsp3) is 0.417. The molecule has 0 N–H and O–H groups in total. The van der Waals surface area contributed by atoms with E-state index in [1.165, 1.54) is 11.8 Å². The molecule has 0 unspecified atom stereocenters. The van der Waals surface area contributed by atoms with Crippen molar-refractivity contribution in [2.24, 2.45) is 0 Å². The second kappa shape index (κ2) is 5.82. The third-order valence-electron chi connectivity index (χ3n) is 2.18. The van der Waals surface area contributed by atoms with Gasteiger partial charge < -0.3 is 14.2 Å². The summed E-state index contributed by atoms with van der Waals surface area (Å²) in [5.74, 6) is 1.61. The Kier molecular flexibility index (Phi) is 4.14. The smallest absolute Gasteiger partial charge is 0.316 e. The summed E-state index contributed by atoms with van der Waals surface area (Å²) in [6.45, 7) is 3.37. The number of carbonyl (C=O) groups is 1. The van der Waals surface area contributed by atoms with Crippen LogP contribution in [-0.2, 0) is 9.53 Å². The number of thioether (sulfide) groups is 1. The fourth-order valence-electron chi connectivity index (χ4n) is 1.46. The van der Waals surface area contributed by atoms with Crippen LogP contribution in [0.25, 0.3) is 0 Å². The Morgan fingerprint density at radius 2 is 2.12 bits per heavy atom. The van der Waals surface area contributed by atoms with Crippen molar-refractivity contribution in [2.45, 2.75) is 11.8 Å². The van der Waals surface area contributed by atoms with Crippen molar-refractivity contribution in [2.75, 3.05) is 25.6 Å². The second-order valence-electron chi connectivity index (χ2n) is 3.40. The lowest BCUT2D eigenvalue weighted by molar-refractivity contribution is -0.139. The predicted octanol–water partition coefficient (Wildman–Crippen LogP) is 2.11. The summed E-state index contributed by atoms with van der Waals surface area (Å²) >= 11 is 1.43. The van der Waals surface area contributed by atoms with Gasteiger partial charge in [-0.3, -0.25) is 4.79 Å². The van der Waals surface area contributed by atoms with Crippen molar-refractivity contribution in [1.82, 2.24) is 0 Å². The maximum atomic E-state index is 11.2.